The van der Waals surface area contributed by atoms with Crippen molar-refractivity contribution in [2.45, 2.75) is 33.4 Å². The monoisotopic (exact) mass is 291 g/mol. The molecule has 0 saturated carbocycles. The third-order valence-corrected chi connectivity index (χ3v) is 3.64. The number of rotatable bonds is 4. The summed E-state index contributed by atoms with van der Waals surface area (Å²) >= 11 is 6.10. The molecule has 0 unspecified atom stereocenters. The van der Waals surface area contributed by atoms with Crippen molar-refractivity contribution in [1.29, 1.82) is 0 Å². The van der Waals surface area contributed by atoms with E-state index in [4.69, 9.17) is 11.6 Å². The van der Waals surface area contributed by atoms with E-state index in [-0.39, 0.29) is 5.82 Å². The van der Waals surface area contributed by atoms with E-state index in [0.29, 0.717) is 23.2 Å². The maximum absolute atomic E-state index is 14.2. The molecule has 2 rings (SSSR count). The maximum Gasteiger partial charge on any atom is 0.131 e. The van der Waals surface area contributed by atoms with Crippen LogP contribution in [0, 0.1) is 12.7 Å². The fourth-order valence-corrected chi connectivity index (χ4v) is 2.17. The number of aryl methyl sites for hydroxylation is 1. The average molecular weight is 292 g/mol. The second-order valence-corrected chi connectivity index (χ2v) is 5.72. The molecule has 3 heteroatoms. The van der Waals surface area contributed by atoms with Crippen LogP contribution in [0.2, 0.25) is 5.02 Å². The SMILES string of the molecule is Cc1ccc(-c2ccc(CNC(C)C)cc2F)cc1Cl. The van der Waals surface area contributed by atoms with Gasteiger partial charge >= 0.3 is 0 Å². The van der Waals surface area contributed by atoms with Crippen LogP contribution in [0.1, 0.15) is 25.0 Å². The Balaban J connectivity index is 2.27. The minimum Gasteiger partial charge on any atom is -0.310 e. The zero-order chi connectivity index (χ0) is 14.7. The van der Waals surface area contributed by atoms with Gasteiger partial charge in [-0.25, -0.2) is 4.39 Å². The van der Waals surface area contributed by atoms with Crippen LogP contribution in [-0.2, 0) is 6.54 Å². The summed E-state index contributed by atoms with van der Waals surface area (Å²) in [6, 6.07) is 11.3. The van der Waals surface area contributed by atoms with Gasteiger partial charge in [-0.15, -0.1) is 0 Å². The minimum absolute atomic E-state index is 0.215. The molecule has 0 spiro atoms. The van der Waals surface area contributed by atoms with E-state index in [1.807, 2.05) is 31.2 Å². The van der Waals surface area contributed by atoms with Crippen molar-refractivity contribution < 1.29 is 4.39 Å². The molecular formula is C17H19ClFN. The van der Waals surface area contributed by atoms with Gasteiger partial charge in [-0.2, -0.15) is 0 Å². The van der Waals surface area contributed by atoms with Crippen molar-refractivity contribution in [3.8, 4) is 11.1 Å². The summed E-state index contributed by atoms with van der Waals surface area (Å²) in [6.07, 6.45) is 0. The molecular weight excluding hydrogens is 273 g/mol. The van der Waals surface area contributed by atoms with Gasteiger partial charge in [-0.3, -0.25) is 0 Å². The van der Waals surface area contributed by atoms with Crippen molar-refractivity contribution in [2.75, 3.05) is 0 Å². The second kappa shape index (κ2) is 6.38. The van der Waals surface area contributed by atoms with Gasteiger partial charge in [0, 0.05) is 23.2 Å². The zero-order valence-electron chi connectivity index (χ0n) is 12.0. The van der Waals surface area contributed by atoms with Crippen molar-refractivity contribution in [2.24, 2.45) is 0 Å². The molecule has 1 N–H and O–H groups in total. The molecule has 0 fully saturated rings. The number of hydrogen-bond donors (Lipinski definition) is 1. The maximum atomic E-state index is 14.2. The van der Waals surface area contributed by atoms with Gasteiger partial charge in [0.15, 0.2) is 0 Å². The molecule has 0 amide bonds. The molecule has 2 aromatic rings. The first kappa shape index (κ1) is 15.0. The summed E-state index contributed by atoms with van der Waals surface area (Å²) in [6.45, 7) is 6.74. The second-order valence-electron chi connectivity index (χ2n) is 5.31. The number of hydrogen-bond acceptors (Lipinski definition) is 1. The van der Waals surface area contributed by atoms with Crippen LogP contribution < -0.4 is 5.32 Å². The molecule has 1 nitrogen and oxygen atoms in total. The van der Waals surface area contributed by atoms with Gasteiger partial charge in [0.2, 0.25) is 0 Å². The summed E-state index contributed by atoms with van der Waals surface area (Å²) in [5, 5.41) is 3.94. The summed E-state index contributed by atoms with van der Waals surface area (Å²) in [5.41, 5.74) is 3.33. The summed E-state index contributed by atoms with van der Waals surface area (Å²) in [4.78, 5) is 0. The van der Waals surface area contributed by atoms with Gasteiger partial charge in [0.25, 0.3) is 0 Å². The molecule has 0 atom stereocenters. The minimum atomic E-state index is -0.215. The molecule has 0 radical (unpaired) electrons. The Morgan fingerprint density at radius 1 is 1.15 bits per heavy atom. The van der Waals surface area contributed by atoms with E-state index in [9.17, 15) is 4.39 Å². The molecule has 0 aliphatic heterocycles. The summed E-state index contributed by atoms with van der Waals surface area (Å²) in [5.74, 6) is -0.215. The van der Waals surface area contributed by atoms with Gasteiger partial charge in [-0.05, 0) is 35.7 Å². The van der Waals surface area contributed by atoms with Gasteiger partial charge < -0.3 is 5.32 Å². The van der Waals surface area contributed by atoms with Crippen molar-refractivity contribution in [3.63, 3.8) is 0 Å². The quantitative estimate of drug-likeness (QED) is 0.840. The lowest BCUT2D eigenvalue weighted by atomic mass is 10.0. The highest BCUT2D eigenvalue weighted by Gasteiger charge is 2.08. The summed E-state index contributed by atoms with van der Waals surface area (Å²) < 4.78 is 14.2. The van der Waals surface area contributed by atoms with Gasteiger partial charge in [0.1, 0.15) is 5.82 Å². The van der Waals surface area contributed by atoms with Gasteiger partial charge in [0.05, 0.1) is 0 Å². The Bertz CT molecular complexity index is 608. The highest BCUT2D eigenvalue weighted by atomic mass is 35.5. The fourth-order valence-electron chi connectivity index (χ4n) is 1.99. The lowest BCUT2D eigenvalue weighted by Crippen LogP contribution is -2.21. The largest absolute Gasteiger partial charge is 0.310 e. The Kier molecular flexibility index (Phi) is 4.79. The van der Waals surface area contributed by atoms with Crippen molar-refractivity contribution in [1.82, 2.24) is 5.32 Å². The van der Waals surface area contributed by atoms with Crippen LogP contribution in [0.4, 0.5) is 4.39 Å². The van der Waals surface area contributed by atoms with E-state index in [1.54, 1.807) is 12.1 Å². The number of benzene rings is 2. The van der Waals surface area contributed by atoms with Crippen LogP contribution in [0.3, 0.4) is 0 Å². The molecule has 0 aliphatic rings. The predicted molar refractivity (Wildman–Crippen MR) is 83.6 cm³/mol. The molecule has 0 heterocycles. The van der Waals surface area contributed by atoms with E-state index < -0.39 is 0 Å². The standard InChI is InChI=1S/C17H19ClFN/c1-11(2)20-10-13-5-7-15(17(19)8-13)14-6-4-12(3)16(18)9-14/h4-9,11,20H,10H2,1-3H3. The lowest BCUT2D eigenvalue weighted by molar-refractivity contribution is 0.582. The average Bonchev–Trinajstić information content (AvgIpc) is 2.40. The Hall–Kier alpha value is -1.38. The highest BCUT2D eigenvalue weighted by Crippen LogP contribution is 2.27. The first-order valence-corrected chi connectivity index (χ1v) is 7.13. The van der Waals surface area contributed by atoms with Gasteiger partial charge in [-0.1, -0.05) is 49.7 Å². The number of nitrogens with one attached hydrogen (secondary N) is 1. The molecule has 0 aliphatic carbocycles. The summed E-state index contributed by atoms with van der Waals surface area (Å²) in [7, 11) is 0. The fraction of sp³-hybridized carbons (Fsp3) is 0.294. The smallest absolute Gasteiger partial charge is 0.131 e. The Labute approximate surface area is 124 Å². The van der Waals surface area contributed by atoms with Crippen LogP contribution in [0.5, 0.6) is 0 Å². The predicted octanol–water partition coefficient (Wildman–Crippen LogP) is 4.95. The topological polar surface area (TPSA) is 12.0 Å². The third-order valence-electron chi connectivity index (χ3n) is 3.23. The molecule has 20 heavy (non-hydrogen) atoms. The van der Waals surface area contributed by atoms with E-state index in [0.717, 1.165) is 16.7 Å². The highest BCUT2D eigenvalue weighted by molar-refractivity contribution is 6.31. The third kappa shape index (κ3) is 3.59. The van der Waals surface area contributed by atoms with E-state index in [1.165, 1.54) is 0 Å². The van der Waals surface area contributed by atoms with E-state index >= 15 is 0 Å². The van der Waals surface area contributed by atoms with Crippen LogP contribution in [0.15, 0.2) is 36.4 Å². The van der Waals surface area contributed by atoms with Crippen LogP contribution in [0.25, 0.3) is 11.1 Å². The number of halogens is 2. The molecule has 106 valence electrons. The zero-order valence-corrected chi connectivity index (χ0v) is 12.8. The molecule has 0 saturated heterocycles. The molecule has 0 aromatic heterocycles. The van der Waals surface area contributed by atoms with Crippen molar-refractivity contribution >= 4 is 11.6 Å². The van der Waals surface area contributed by atoms with Crippen LogP contribution >= 0.6 is 11.6 Å². The van der Waals surface area contributed by atoms with Crippen LogP contribution in [-0.4, -0.2) is 6.04 Å². The van der Waals surface area contributed by atoms with E-state index in [2.05, 4.69) is 19.2 Å². The molecule has 2 aromatic carbocycles. The first-order chi connectivity index (χ1) is 9.47. The first-order valence-electron chi connectivity index (χ1n) is 6.75. The Morgan fingerprint density at radius 3 is 2.50 bits per heavy atom. The van der Waals surface area contributed by atoms with Crippen molar-refractivity contribution in [3.05, 3.63) is 58.4 Å². The Morgan fingerprint density at radius 2 is 1.90 bits per heavy atom. The molecule has 0 bridgehead atoms. The normalized spacial score (nSPS) is 11.1. The lowest BCUT2D eigenvalue weighted by Gasteiger charge is -2.10.